The minimum atomic E-state index is -2.38. The van der Waals surface area contributed by atoms with Gasteiger partial charge in [0.2, 0.25) is 0 Å². The summed E-state index contributed by atoms with van der Waals surface area (Å²) in [4.78, 5) is 11.0. The van der Waals surface area contributed by atoms with Crippen LogP contribution in [0.25, 0.3) is 0 Å². The average molecular weight is 237 g/mol. The molecule has 3 rings (SSSR count). The van der Waals surface area contributed by atoms with Crippen molar-refractivity contribution in [2.24, 2.45) is 0 Å². The van der Waals surface area contributed by atoms with Crippen LogP contribution in [0.2, 0.25) is 0 Å². The van der Waals surface area contributed by atoms with Crippen LogP contribution in [-0.2, 0) is 0 Å². The summed E-state index contributed by atoms with van der Waals surface area (Å²) in [7, 11) is -2.38. The Labute approximate surface area is 97.1 Å². The second-order valence-electron chi connectivity index (χ2n) is 4.96. The van der Waals surface area contributed by atoms with Gasteiger partial charge in [0, 0.05) is 0 Å². The van der Waals surface area contributed by atoms with Crippen molar-refractivity contribution >= 4 is 12.8 Å². The summed E-state index contributed by atoms with van der Waals surface area (Å²) in [6.07, 6.45) is 6.76. The van der Waals surface area contributed by atoms with E-state index >= 15 is 0 Å². The first kappa shape index (κ1) is 10.6. The number of hydrogen-bond donors (Lipinski definition) is 1. The van der Waals surface area contributed by atoms with E-state index in [4.69, 9.17) is 4.74 Å². The van der Waals surface area contributed by atoms with Crippen LogP contribution >= 0.6 is 7.49 Å². The molecule has 1 radical (unpaired) electrons. The molecule has 2 aliphatic rings. The van der Waals surface area contributed by atoms with Crippen molar-refractivity contribution in [2.75, 3.05) is 6.35 Å². The Bertz CT molecular complexity index is 387. The average Bonchev–Trinajstić information content (AvgIpc) is 2.71. The fourth-order valence-electron chi connectivity index (χ4n) is 3.04. The van der Waals surface area contributed by atoms with Crippen LogP contribution in [0.4, 0.5) is 0 Å². The molecule has 3 heteroatoms. The number of ether oxygens (including phenoxy) is 1. The topological polar surface area (TPSA) is 29.5 Å². The van der Waals surface area contributed by atoms with E-state index in [1.54, 1.807) is 0 Å². The molecule has 0 bridgehead atoms. The molecule has 0 atom stereocenters. The summed E-state index contributed by atoms with van der Waals surface area (Å²) in [6, 6.07) is 9.01. The zero-order chi connectivity index (χ0) is 11.0. The SMILES string of the molecule is O[PH]1(C2CCCCC2)COc2ccc[c]c21. The summed E-state index contributed by atoms with van der Waals surface area (Å²) < 4.78 is 5.65. The standard InChI is InChI=1S/C13H18O2P/c14-16(11-6-2-1-3-7-11)10-15-12-8-4-5-9-13(12)16/h4-5,8,11,14,16H,1-3,6-7,10H2. The predicted molar refractivity (Wildman–Crippen MR) is 67.8 cm³/mol. The molecule has 1 N–H and O–H groups in total. The van der Waals surface area contributed by atoms with E-state index in [1.807, 2.05) is 18.2 Å². The first-order valence-electron chi connectivity index (χ1n) is 6.17. The Morgan fingerprint density at radius 3 is 2.94 bits per heavy atom. The van der Waals surface area contributed by atoms with Crippen LogP contribution in [0.3, 0.4) is 0 Å². The number of hydrogen-bond acceptors (Lipinski definition) is 2. The van der Waals surface area contributed by atoms with Crippen LogP contribution in [0.1, 0.15) is 32.1 Å². The molecule has 1 aliphatic carbocycles. The Kier molecular flexibility index (Phi) is 2.65. The van der Waals surface area contributed by atoms with Gasteiger partial charge in [-0.05, 0) is 0 Å². The van der Waals surface area contributed by atoms with Gasteiger partial charge in [0.1, 0.15) is 0 Å². The first-order valence-corrected chi connectivity index (χ1v) is 8.40. The van der Waals surface area contributed by atoms with Gasteiger partial charge in [-0.25, -0.2) is 0 Å². The fraction of sp³-hybridized carbons (Fsp3) is 0.538. The van der Waals surface area contributed by atoms with Gasteiger partial charge in [-0.3, -0.25) is 0 Å². The normalized spacial score (nSPS) is 25.8. The van der Waals surface area contributed by atoms with E-state index in [0.717, 1.165) is 11.1 Å². The summed E-state index contributed by atoms with van der Waals surface area (Å²) in [5.74, 6) is 0.877. The maximum absolute atomic E-state index is 11.0. The van der Waals surface area contributed by atoms with E-state index in [1.165, 1.54) is 32.1 Å². The third-order valence-electron chi connectivity index (χ3n) is 3.98. The molecular formula is C13H18O2P. The molecule has 0 amide bonds. The molecular weight excluding hydrogens is 219 g/mol. The van der Waals surface area contributed by atoms with Gasteiger partial charge in [0.05, 0.1) is 0 Å². The molecule has 1 aromatic rings. The molecule has 1 fully saturated rings. The van der Waals surface area contributed by atoms with E-state index in [2.05, 4.69) is 6.07 Å². The van der Waals surface area contributed by atoms with Crippen molar-refractivity contribution in [3.05, 3.63) is 24.3 Å². The number of benzene rings is 1. The van der Waals surface area contributed by atoms with Gasteiger partial charge in [0.15, 0.2) is 0 Å². The monoisotopic (exact) mass is 237 g/mol. The molecule has 0 aromatic heterocycles. The molecule has 0 spiro atoms. The van der Waals surface area contributed by atoms with Gasteiger partial charge in [-0.15, -0.1) is 0 Å². The van der Waals surface area contributed by atoms with Gasteiger partial charge in [-0.2, -0.15) is 0 Å². The van der Waals surface area contributed by atoms with Gasteiger partial charge < -0.3 is 0 Å². The van der Waals surface area contributed by atoms with Crippen molar-refractivity contribution in [2.45, 2.75) is 37.8 Å². The zero-order valence-corrected chi connectivity index (χ0v) is 10.4. The number of fused-ring (bicyclic) bond motifs is 1. The second-order valence-corrected chi connectivity index (χ2v) is 8.41. The van der Waals surface area contributed by atoms with Crippen molar-refractivity contribution < 1.29 is 9.63 Å². The third kappa shape index (κ3) is 1.56. The van der Waals surface area contributed by atoms with E-state index in [0.29, 0.717) is 12.0 Å². The second kappa shape index (κ2) is 4.01. The first-order chi connectivity index (χ1) is 7.81. The van der Waals surface area contributed by atoms with Gasteiger partial charge >= 0.3 is 96.6 Å². The van der Waals surface area contributed by atoms with Crippen LogP contribution in [-0.4, -0.2) is 16.9 Å². The summed E-state index contributed by atoms with van der Waals surface area (Å²) >= 11 is 0. The fourth-order valence-corrected chi connectivity index (χ4v) is 6.48. The minimum absolute atomic E-state index is 0.487. The maximum atomic E-state index is 11.0. The molecule has 1 saturated carbocycles. The van der Waals surface area contributed by atoms with Crippen molar-refractivity contribution in [1.82, 2.24) is 0 Å². The van der Waals surface area contributed by atoms with Gasteiger partial charge in [0.25, 0.3) is 0 Å². The number of rotatable bonds is 1. The Morgan fingerprint density at radius 2 is 2.12 bits per heavy atom. The molecule has 16 heavy (non-hydrogen) atoms. The Morgan fingerprint density at radius 1 is 1.31 bits per heavy atom. The Hall–Kier alpha value is -0.590. The molecule has 1 aromatic carbocycles. The third-order valence-corrected chi connectivity index (χ3v) is 7.75. The summed E-state index contributed by atoms with van der Waals surface area (Å²) in [6.45, 7) is 0. The quantitative estimate of drug-likeness (QED) is 0.760. The van der Waals surface area contributed by atoms with Crippen LogP contribution in [0.15, 0.2) is 18.2 Å². The van der Waals surface area contributed by atoms with Crippen molar-refractivity contribution in [3.8, 4) is 5.75 Å². The van der Waals surface area contributed by atoms with Crippen LogP contribution < -0.4 is 10.0 Å². The van der Waals surface area contributed by atoms with E-state index in [9.17, 15) is 4.89 Å². The molecule has 0 unspecified atom stereocenters. The van der Waals surface area contributed by atoms with Crippen LogP contribution in [0.5, 0.6) is 5.75 Å². The molecule has 87 valence electrons. The van der Waals surface area contributed by atoms with Crippen molar-refractivity contribution in [1.29, 1.82) is 0 Å². The van der Waals surface area contributed by atoms with Crippen LogP contribution in [0, 0.1) is 6.07 Å². The van der Waals surface area contributed by atoms with E-state index < -0.39 is 7.49 Å². The molecule has 0 saturated heterocycles. The summed E-state index contributed by atoms with van der Waals surface area (Å²) in [5, 5.41) is 1.02. The Balaban J connectivity index is 1.94. The van der Waals surface area contributed by atoms with E-state index in [-0.39, 0.29) is 0 Å². The van der Waals surface area contributed by atoms with Gasteiger partial charge in [-0.1, -0.05) is 0 Å². The zero-order valence-electron chi connectivity index (χ0n) is 9.41. The predicted octanol–water partition coefficient (Wildman–Crippen LogP) is 2.45. The molecule has 1 aliphatic heterocycles. The summed E-state index contributed by atoms with van der Waals surface area (Å²) in [5.41, 5.74) is 0.487. The molecule has 1 heterocycles. The van der Waals surface area contributed by atoms with Crippen molar-refractivity contribution in [3.63, 3.8) is 0 Å². The molecule has 2 nitrogen and oxygen atoms in total.